The second-order valence-electron chi connectivity index (χ2n) is 4.13. The normalized spacial score (nSPS) is 13.6. The Hall–Kier alpha value is -0.680. The predicted molar refractivity (Wildman–Crippen MR) is 68.8 cm³/mol. The van der Waals surface area contributed by atoms with Crippen LogP contribution in [0, 0.1) is 0 Å². The number of halogens is 3. The van der Waals surface area contributed by atoms with Crippen molar-refractivity contribution in [1.82, 2.24) is 0 Å². The molecule has 0 aliphatic carbocycles. The molecule has 1 atom stereocenters. The molecule has 0 spiro atoms. The van der Waals surface area contributed by atoms with Crippen molar-refractivity contribution in [2.45, 2.75) is 32.0 Å². The highest BCUT2D eigenvalue weighted by atomic mass is 32.2. The lowest BCUT2D eigenvalue weighted by molar-refractivity contribution is -0.137. The van der Waals surface area contributed by atoms with E-state index in [1.165, 1.54) is 12.1 Å². The van der Waals surface area contributed by atoms with Gasteiger partial charge in [0.1, 0.15) is 0 Å². The van der Waals surface area contributed by atoms with Crippen molar-refractivity contribution < 1.29 is 18.3 Å². The molecule has 1 aromatic rings. The maximum absolute atomic E-state index is 12.3. The molecular formula is C13H17F3OS. The van der Waals surface area contributed by atoms with Gasteiger partial charge in [0.2, 0.25) is 0 Å². The van der Waals surface area contributed by atoms with Crippen molar-refractivity contribution in [3.63, 3.8) is 0 Å². The van der Waals surface area contributed by atoms with E-state index in [1.54, 1.807) is 11.8 Å². The van der Waals surface area contributed by atoms with E-state index in [4.69, 9.17) is 0 Å². The van der Waals surface area contributed by atoms with Gasteiger partial charge in [-0.1, -0.05) is 19.1 Å². The van der Waals surface area contributed by atoms with Crippen molar-refractivity contribution >= 4 is 11.8 Å². The quantitative estimate of drug-likeness (QED) is 0.800. The summed E-state index contributed by atoms with van der Waals surface area (Å²) >= 11 is 1.66. The molecule has 1 N–H and O–H groups in total. The van der Waals surface area contributed by atoms with E-state index in [1.807, 2.05) is 0 Å². The number of hydrogen-bond acceptors (Lipinski definition) is 2. The molecule has 0 saturated carbocycles. The van der Waals surface area contributed by atoms with Crippen LogP contribution in [0.5, 0.6) is 0 Å². The Labute approximate surface area is 109 Å². The van der Waals surface area contributed by atoms with Gasteiger partial charge in [-0.05, 0) is 36.3 Å². The minimum Gasteiger partial charge on any atom is -0.392 e. The maximum Gasteiger partial charge on any atom is 0.416 e. The first kappa shape index (κ1) is 15.4. The summed E-state index contributed by atoms with van der Waals surface area (Å²) in [5.41, 5.74) is 0.0775. The Kier molecular flexibility index (Phi) is 6.02. The Balaban J connectivity index is 2.48. The monoisotopic (exact) mass is 278 g/mol. The summed E-state index contributed by atoms with van der Waals surface area (Å²) in [6.07, 6.45) is -3.35. The molecule has 0 aliphatic rings. The largest absolute Gasteiger partial charge is 0.416 e. The molecular weight excluding hydrogens is 261 g/mol. The maximum atomic E-state index is 12.3. The topological polar surface area (TPSA) is 20.2 Å². The molecule has 1 aromatic carbocycles. The molecule has 0 saturated heterocycles. The molecule has 1 rings (SSSR count). The van der Waals surface area contributed by atoms with E-state index in [-0.39, 0.29) is 0 Å². The van der Waals surface area contributed by atoms with Crippen LogP contribution in [0.3, 0.4) is 0 Å². The minimum atomic E-state index is -4.30. The van der Waals surface area contributed by atoms with Crippen LogP contribution in [0.25, 0.3) is 0 Å². The molecule has 1 unspecified atom stereocenters. The van der Waals surface area contributed by atoms with Crippen LogP contribution in [-0.2, 0) is 12.6 Å². The molecule has 5 heteroatoms. The number of rotatable bonds is 6. The van der Waals surface area contributed by atoms with Gasteiger partial charge in [-0.3, -0.25) is 0 Å². The number of thioether (sulfide) groups is 1. The fraction of sp³-hybridized carbons (Fsp3) is 0.538. The summed E-state index contributed by atoms with van der Waals surface area (Å²) < 4.78 is 37.0. The average Bonchev–Trinajstić information content (AvgIpc) is 2.29. The van der Waals surface area contributed by atoms with Gasteiger partial charge in [0.05, 0.1) is 11.7 Å². The number of hydrogen-bond donors (Lipinski definition) is 1. The van der Waals surface area contributed by atoms with Gasteiger partial charge in [-0.25, -0.2) is 0 Å². The molecule has 0 amide bonds. The third kappa shape index (κ3) is 5.31. The summed E-state index contributed by atoms with van der Waals surface area (Å²) in [5, 5.41) is 9.72. The van der Waals surface area contributed by atoms with Crippen molar-refractivity contribution in [2.24, 2.45) is 0 Å². The number of alkyl halides is 3. The van der Waals surface area contributed by atoms with Crippen molar-refractivity contribution in [3.05, 3.63) is 35.4 Å². The molecule has 0 bridgehead atoms. The van der Waals surface area contributed by atoms with E-state index in [2.05, 4.69) is 6.92 Å². The van der Waals surface area contributed by atoms with E-state index < -0.39 is 17.8 Å². The standard InChI is InChI=1S/C13H17F3OS/c1-2-7-18-9-12(17)8-10-3-5-11(6-4-10)13(14,15)16/h3-6,12,17H,2,7-9H2,1H3. The first-order valence-electron chi connectivity index (χ1n) is 5.85. The van der Waals surface area contributed by atoms with Crippen LogP contribution < -0.4 is 0 Å². The van der Waals surface area contributed by atoms with Crippen LogP contribution in [0.1, 0.15) is 24.5 Å². The van der Waals surface area contributed by atoms with Crippen LogP contribution in [0.15, 0.2) is 24.3 Å². The smallest absolute Gasteiger partial charge is 0.392 e. The lowest BCUT2D eigenvalue weighted by Crippen LogP contribution is -2.14. The van der Waals surface area contributed by atoms with Crippen LogP contribution >= 0.6 is 11.8 Å². The average molecular weight is 278 g/mol. The number of benzene rings is 1. The molecule has 0 fully saturated rings. The molecule has 0 aromatic heterocycles. The Morgan fingerprint density at radius 2 is 1.83 bits per heavy atom. The lowest BCUT2D eigenvalue weighted by atomic mass is 10.1. The third-order valence-electron chi connectivity index (χ3n) is 2.41. The summed E-state index contributed by atoms with van der Waals surface area (Å²) in [4.78, 5) is 0. The number of aliphatic hydroxyl groups excluding tert-OH is 1. The SMILES string of the molecule is CCCSCC(O)Cc1ccc(C(F)(F)F)cc1. The molecule has 0 heterocycles. The van der Waals surface area contributed by atoms with Gasteiger partial charge < -0.3 is 5.11 Å². The molecule has 1 nitrogen and oxygen atoms in total. The second-order valence-corrected chi connectivity index (χ2v) is 5.28. The summed E-state index contributed by atoms with van der Waals surface area (Å²) in [6.45, 7) is 2.06. The van der Waals surface area contributed by atoms with Crippen molar-refractivity contribution in [2.75, 3.05) is 11.5 Å². The van der Waals surface area contributed by atoms with Crippen LogP contribution in [-0.4, -0.2) is 22.7 Å². The molecule has 18 heavy (non-hydrogen) atoms. The zero-order valence-electron chi connectivity index (χ0n) is 10.2. The zero-order chi connectivity index (χ0) is 13.6. The third-order valence-corrected chi connectivity index (χ3v) is 3.73. The van der Waals surface area contributed by atoms with E-state index in [0.717, 1.165) is 29.9 Å². The van der Waals surface area contributed by atoms with Crippen LogP contribution in [0.4, 0.5) is 13.2 Å². The van der Waals surface area contributed by atoms with E-state index >= 15 is 0 Å². The molecule has 0 aliphatic heterocycles. The van der Waals surface area contributed by atoms with Gasteiger partial charge in [0, 0.05) is 5.75 Å². The first-order valence-corrected chi connectivity index (χ1v) is 7.01. The van der Waals surface area contributed by atoms with Gasteiger partial charge in [0.25, 0.3) is 0 Å². The zero-order valence-corrected chi connectivity index (χ0v) is 11.0. The highest BCUT2D eigenvalue weighted by molar-refractivity contribution is 7.99. The lowest BCUT2D eigenvalue weighted by Gasteiger charge is -2.11. The van der Waals surface area contributed by atoms with Crippen LogP contribution in [0.2, 0.25) is 0 Å². The van der Waals surface area contributed by atoms with Gasteiger partial charge in [0.15, 0.2) is 0 Å². The second kappa shape index (κ2) is 7.04. The Morgan fingerprint density at radius 3 is 2.33 bits per heavy atom. The van der Waals surface area contributed by atoms with E-state index in [0.29, 0.717) is 12.2 Å². The number of aliphatic hydroxyl groups is 1. The van der Waals surface area contributed by atoms with Crippen molar-refractivity contribution in [3.8, 4) is 0 Å². The molecule has 0 radical (unpaired) electrons. The van der Waals surface area contributed by atoms with Gasteiger partial charge in [-0.15, -0.1) is 0 Å². The van der Waals surface area contributed by atoms with Crippen molar-refractivity contribution in [1.29, 1.82) is 0 Å². The first-order chi connectivity index (χ1) is 8.43. The van der Waals surface area contributed by atoms with Gasteiger partial charge >= 0.3 is 6.18 Å². The molecule has 102 valence electrons. The summed E-state index contributed by atoms with van der Waals surface area (Å²) in [7, 11) is 0. The highest BCUT2D eigenvalue weighted by Crippen LogP contribution is 2.29. The van der Waals surface area contributed by atoms with Gasteiger partial charge in [-0.2, -0.15) is 24.9 Å². The predicted octanol–water partition coefficient (Wildman–Crippen LogP) is 3.75. The Morgan fingerprint density at radius 1 is 1.22 bits per heavy atom. The summed E-state index contributed by atoms with van der Waals surface area (Å²) in [6, 6.07) is 4.97. The highest BCUT2D eigenvalue weighted by Gasteiger charge is 2.29. The fourth-order valence-corrected chi connectivity index (χ4v) is 2.37. The fourth-order valence-electron chi connectivity index (χ4n) is 1.52. The Bertz CT molecular complexity index is 348. The summed E-state index contributed by atoms with van der Waals surface area (Å²) in [5.74, 6) is 1.61. The minimum absolute atomic E-state index is 0.398. The van der Waals surface area contributed by atoms with E-state index in [9.17, 15) is 18.3 Å².